The summed E-state index contributed by atoms with van der Waals surface area (Å²) in [4.78, 5) is 39.4. The number of nitrogens with one attached hydrogen (secondary N) is 3. The molecule has 176 valence electrons. The van der Waals surface area contributed by atoms with Crippen LogP contribution in [0.15, 0.2) is 24.4 Å². The third-order valence-corrected chi connectivity index (χ3v) is 6.40. The second kappa shape index (κ2) is 8.32. The predicted molar refractivity (Wildman–Crippen MR) is 110 cm³/mol. The Labute approximate surface area is 191 Å². The number of benzene rings is 1. The Hall–Kier alpha value is -3.15. The van der Waals surface area contributed by atoms with Gasteiger partial charge >= 0.3 is 11.8 Å². The largest absolute Gasteiger partial charge is 0.336 e. The number of amides is 3. The highest BCUT2D eigenvalue weighted by Gasteiger charge is 2.60. The molecular weight excluding hydrogens is 465 g/mol. The Morgan fingerprint density at radius 3 is 2.61 bits per heavy atom. The summed E-state index contributed by atoms with van der Waals surface area (Å²) in [6.45, 7) is 1.74. The van der Waals surface area contributed by atoms with Crippen molar-refractivity contribution >= 4 is 35.0 Å². The van der Waals surface area contributed by atoms with E-state index in [0.29, 0.717) is 5.69 Å². The van der Waals surface area contributed by atoms with Crippen LogP contribution >= 0.6 is 11.6 Å². The molecule has 1 aliphatic carbocycles. The monoisotopic (exact) mass is 484 g/mol. The number of nitrogens with zero attached hydrogens (tertiary/aromatic N) is 3. The third-order valence-electron chi connectivity index (χ3n) is 6.11. The van der Waals surface area contributed by atoms with E-state index < -0.39 is 59.8 Å². The van der Waals surface area contributed by atoms with Crippen LogP contribution in [0.3, 0.4) is 0 Å². The van der Waals surface area contributed by atoms with Gasteiger partial charge in [-0.1, -0.05) is 11.6 Å². The van der Waals surface area contributed by atoms with Gasteiger partial charge in [-0.3, -0.25) is 14.4 Å². The molecule has 13 heteroatoms. The SMILES string of the molecule is C[C@H]1[C@@H](C(=O)Nc2ccc(F)c(Cl)c2)CCN1C(=O)C(=O)NC1(c2cn[nH]n2)CC(F)(F)C1. The summed E-state index contributed by atoms with van der Waals surface area (Å²) >= 11 is 5.73. The molecule has 1 saturated carbocycles. The fraction of sp³-hybridized carbons (Fsp3) is 0.450. The third kappa shape index (κ3) is 4.39. The summed E-state index contributed by atoms with van der Waals surface area (Å²) < 4.78 is 40.6. The van der Waals surface area contributed by atoms with Gasteiger partial charge in [0.2, 0.25) is 5.91 Å². The van der Waals surface area contributed by atoms with Crippen LogP contribution in [-0.2, 0) is 19.9 Å². The van der Waals surface area contributed by atoms with Gasteiger partial charge < -0.3 is 15.5 Å². The number of rotatable bonds is 4. The second-order valence-corrected chi connectivity index (χ2v) is 8.76. The highest BCUT2D eigenvalue weighted by molar-refractivity contribution is 6.35. The number of hydrogen-bond donors (Lipinski definition) is 3. The predicted octanol–water partition coefficient (Wildman–Crippen LogP) is 2.21. The van der Waals surface area contributed by atoms with Gasteiger partial charge in [-0.2, -0.15) is 15.4 Å². The average molecular weight is 485 g/mol. The molecule has 2 aliphatic rings. The number of likely N-dealkylation sites (tertiary alicyclic amines) is 1. The van der Waals surface area contributed by atoms with E-state index in [9.17, 15) is 27.6 Å². The molecule has 1 aliphatic heterocycles. The van der Waals surface area contributed by atoms with Crippen LogP contribution in [0.25, 0.3) is 0 Å². The fourth-order valence-electron chi connectivity index (χ4n) is 4.38. The van der Waals surface area contributed by atoms with Gasteiger partial charge in [-0.25, -0.2) is 13.2 Å². The zero-order valence-electron chi connectivity index (χ0n) is 17.4. The zero-order chi connectivity index (χ0) is 24.0. The number of alkyl halides is 2. The summed E-state index contributed by atoms with van der Waals surface area (Å²) in [6, 6.07) is 3.10. The van der Waals surface area contributed by atoms with Crippen molar-refractivity contribution in [3.8, 4) is 0 Å². The minimum atomic E-state index is -3.00. The molecule has 0 unspecified atom stereocenters. The Balaban J connectivity index is 1.41. The number of H-pyrrole nitrogens is 1. The quantitative estimate of drug-likeness (QED) is 0.575. The number of anilines is 1. The molecule has 2 heterocycles. The van der Waals surface area contributed by atoms with Gasteiger partial charge in [0, 0.05) is 31.1 Å². The first kappa shape index (κ1) is 23.0. The molecule has 9 nitrogen and oxygen atoms in total. The van der Waals surface area contributed by atoms with E-state index in [1.54, 1.807) is 6.92 Å². The van der Waals surface area contributed by atoms with Crippen LogP contribution in [-0.4, -0.2) is 56.5 Å². The van der Waals surface area contributed by atoms with E-state index in [1.807, 2.05) is 0 Å². The maximum atomic E-state index is 13.6. The van der Waals surface area contributed by atoms with Gasteiger partial charge in [0.05, 0.1) is 22.7 Å². The molecule has 0 radical (unpaired) electrons. The lowest BCUT2D eigenvalue weighted by atomic mass is 9.71. The molecule has 1 aromatic carbocycles. The minimum Gasteiger partial charge on any atom is -0.336 e. The summed E-state index contributed by atoms with van der Waals surface area (Å²) in [6.07, 6.45) is 0.104. The Bertz CT molecular complexity index is 1090. The molecule has 2 atom stereocenters. The highest BCUT2D eigenvalue weighted by Crippen LogP contribution is 2.51. The minimum absolute atomic E-state index is 0.110. The standard InChI is InChI=1S/C20H20ClF3N6O3/c1-10-12(16(31)26-11-2-3-14(22)13(21)6-11)4-5-30(10)18(33)17(32)27-19(8-20(23,24)9-19)15-7-25-29-28-15/h2-3,6-7,10,12H,4-5,8-9H2,1H3,(H,26,31)(H,27,32)(H,25,28,29)/t10-,12-/m0/s1. The van der Waals surface area contributed by atoms with Crippen molar-refractivity contribution in [3.05, 3.63) is 40.9 Å². The summed E-state index contributed by atoms with van der Waals surface area (Å²) in [5.74, 6) is -6.67. The van der Waals surface area contributed by atoms with Gasteiger partial charge in [-0.05, 0) is 31.5 Å². The molecule has 3 amide bonds. The first-order valence-corrected chi connectivity index (χ1v) is 10.5. The molecule has 1 saturated heterocycles. The van der Waals surface area contributed by atoms with Gasteiger partial charge in [-0.15, -0.1) is 0 Å². The maximum Gasteiger partial charge on any atom is 0.312 e. The van der Waals surface area contributed by atoms with Crippen molar-refractivity contribution in [1.82, 2.24) is 25.6 Å². The number of carbonyl (C=O) groups excluding carboxylic acids is 3. The van der Waals surface area contributed by atoms with Crippen molar-refractivity contribution in [2.75, 3.05) is 11.9 Å². The van der Waals surface area contributed by atoms with Gasteiger partial charge in [0.25, 0.3) is 5.92 Å². The zero-order valence-corrected chi connectivity index (χ0v) is 18.1. The summed E-state index contributed by atoms with van der Waals surface area (Å²) in [5.41, 5.74) is -1.09. The fourth-order valence-corrected chi connectivity index (χ4v) is 4.56. The lowest BCUT2D eigenvalue weighted by Crippen LogP contribution is -2.62. The average Bonchev–Trinajstić information content (AvgIpc) is 3.39. The van der Waals surface area contributed by atoms with Gasteiger partial charge in [0.15, 0.2) is 0 Å². The molecule has 0 bridgehead atoms. The van der Waals surface area contributed by atoms with Crippen LogP contribution in [0, 0.1) is 11.7 Å². The molecular formula is C20H20ClF3N6O3. The highest BCUT2D eigenvalue weighted by atomic mass is 35.5. The van der Waals surface area contributed by atoms with Crippen LogP contribution in [0.2, 0.25) is 5.02 Å². The maximum absolute atomic E-state index is 13.6. The molecule has 33 heavy (non-hydrogen) atoms. The normalized spacial score (nSPS) is 23.0. The molecule has 2 aromatic rings. The van der Waals surface area contributed by atoms with Crippen molar-refractivity contribution < 1.29 is 27.6 Å². The van der Waals surface area contributed by atoms with Crippen molar-refractivity contribution in [3.63, 3.8) is 0 Å². The lowest BCUT2D eigenvalue weighted by Gasteiger charge is -2.46. The molecule has 3 N–H and O–H groups in total. The van der Waals surface area contributed by atoms with E-state index in [1.165, 1.54) is 23.2 Å². The summed E-state index contributed by atoms with van der Waals surface area (Å²) in [5, 5.41) is 14.6. The topological polar surface area (TPSA) is 120 Å². The van der Waals surface area contributed by atoms with E-state index in [2.05, 4.69) is 26.0 Å². The number of carbonyl (C=O) groups is 3. The van der Waals surface area contributed by atoms with Crippen LogP contribution in [0.4, 0.5) is 18.9 Å². The molecule has 2 fully saturated rings. The smallest absolute Gasteiger partial charge is 0.312 e. The van der Waals surface area contributed by atoms with E-state index in [0.717, 1.165) is 6.07 Å². The number of aromatic nitrogens is 3. The first-order chi connectivity index (χ1) is 15.5. The molecule has 1 aromatic heterocycles. The lowest BCUT2D eigenvalue weighted by molar-refractivity contribution is -0.160. The Morgan fingerprint density at radius 1 is 1.27 bits per heavy atom. The number of halogens is 4. The van der Waals surface area contributed by atoms with Gasteiger partial charge in [0.1, 0.15) is 11.5 Å². The number of hydrogen-bond acceptors (Lipinski definition) is 5. The molecule has 0 spiro atoms. The second-order valence-electron chi connectivity index (χ2n) is 8.35. The Kier molecular flexibility index (Phi) is 5.81. The number of aromatic amines is 1. The summed E-state index contributed by atoms with van der Waals surface area (Å²) in [7, 11) is 0. The van der Waals surface area contributed by atoms with E-state index in [-0.39, 0.29) is 23.7 Å². The van der Waals surface area contributed by atoms with Crippen molar-refractivity contribution in [2.45, 2.75) is 43.7 Å². The van der Waals surface area contributed by atoms with Crippen molar-refractivity contribution in [1.29, 1.82) is 0 Å². The van der Waals surface area contributed by atoms with Crippen LogP contribution in [0.5, 0.6) is 0 Å². The van der Waals surface area contributed by atoms with Crippen LogP contribution in [0.1, 0.15) is 31.9 Å². The first-order valence-electron chi connectivity index (χ1n) is 10.1. The van der Waals surface area contributed by atoms with E-state index >= 15 is 0 Å². The van der Waals surface area contributed by atoms with Crippen LogP contribution < -0.4 is 10.6 Å². The Morgan fingerprint density at radius 2 is 2.00 bits per heavy atom. The van der Waals surface area contributed by atoms with Crippen molar-refractivity contribution in [2.24, 2.45) is 5.92 Å². The molecule has 4 rings (SSSR count). The van der Waals surface area contributed by atoms with E-state index in [4.69, 9.17) is 11.6 Å².